The molecule has 0 saturated carbocycles. The van der Waals surface area contributed by atoms with Gasteiger partial charge in [0, 0.05) is 54.3 Å². The third-order valence-electron chi connectivity index (χ3n) is 4.34. The number of aromatic nitrogens is 1. The van der Waals surface area contributed by atoms with Crippen LogP contribution in [-0.2, 0) is 6.42 Å². The molecule has 1 aromatic carbocycles. The van der Waals surface area contributed by atoms with Crippen LogP contribution in [-0.4, -0.2) is 53.0 Å². The van der Waals surface area contributed by atoms with E-state index >= 15 is 0 Å². The van der Waals surface area contributed by atoms with E-state index in [0.29, 0.717) is 0 Å². The highest BCUT2D eigenvalue weighted by Crippen LogP contribution is 2.29. The predicted octanol–water partition coefficient (Wildman–Crippen LogP) is 3.25. The van der Waals surface area contributed by atoms with Gasteiger partial charge >= 0.3 is 0 Å². The molecule has 130 valence electrons. The van der Waals surface area contributed by atoms with Crippen molar-refractivity contribution in [1.29, 1.82) is 0 Å². The summed E-state index contributed by atoms with van der Waals surface area (Å²) < 4.78 is 13.7. The van der Waals surface area contributed by atoms with Crippen molar-refractivity contribution < 1.29 is 4.39 Å². The van der Waals surface area contributed by atoms with Crippen molar-refractivity contribution in [2.45, 2.75) is 25.0 Å². The standard InChI is InChI=1S/C18H25FN4S/c1-18(2)12-23(8-9-24-18)17(20-3)21-7-6-13-11-22-16-5-4-14(19)10-15(13)16/h4-5,10-11,22H,6-9,12H2,1-3H3,(H,20,21). The van der Waals surface area contributed by atoms with Gasteiger partial charge in [-0.1, -0.05) is 0 Å². The normalized spacial score (nSPS) is 18.2. The number of aliphatic imine (C=N–C) groups is 1. The van der Waals surface area contributed by atoms with Crippen LogP contribution in [0.5, 0.6) is 0 Å². The van der Waals surface area contributed by atoms with Gasteiger partial charge in [0.1, 0.15) is 5.82 Å². The number of thioether (sulfide) groups is 1. The highest BCUT2D eigenvalue weighted by molar-refractivity contribution is 8.00. The molecule has 0 bridgehead atoms. The van der Waals surface area contributed by atoms with Crippen LogP contribution in [0.4, 0.5) is 4.39 Å². The molecule has 1 aliphatic rings. The fourth-order valence-corrected chi connectivity index (χ4v) is 4.31. The number of hydrogen-bond acceptors (Lipinski definition) is 2. The first-order chi connectivity index (χ1) is 11.5. The van der Waals surface area contributed by atoms with E-state index in [1.807, 2.05) is 25.0 Å². The second-order valence-corrected chi connectivity index (χ2v) is 8.56. The molecular formula is C18H25FN4S. The maximum Gasteiger partial charge on any atom is 0.193 e. The largest absolute Gasteiger partial charge is 0.361 e. The molecular weight excluding hydrogens is 323 g/mol. The molecule has 3 rings (SSSR count). The molecule has 2 aromatic rings. The molecule has 0 aliphatic carbocycles. The van der Waals surface area contributed by atoms with E-state index in [0.717, 1.165) is 54.2 Å². The summed E-state index contributed by atoms with van der Waals surface area (Å²) in [5.74, 6) is 1.88. The smallest absolute Gasteiger partial charge is 0.193 e. The van der Waals surface area contributed by atoms with E-state index in [-0.39, 0.29) is 10.6 Å². The minimum Gasteiger partial charge on any atom is -0.361 e. The van der Waals surface area contributed by atoms with Gasteiger partial charge in [0.05, 0.1) is 0 Å². The molecule has 24 heavy (non-hydrogen) atoms. The van der Waals surface area contributed by atoms with Gasteiger partial charge in [-0.05, 0) is 44.0 Å². The van der Waals surface area contributed by atoms with Gasteiger partial charge < -0.3 is 15.2 Å². The fraction of sp³-hybridized carbons (Fsp3) is 0.500. The van der Waals surface area contributed by atoms with E-state index in [4.69, 9.17) is 0 Å². The number of nitrogens with zero attached hydrogens (tertiary/aromatic N) is 2. The topological polar surface area (TPSA) is 43.4 Å². The average Bonchev–Trinajstić information content (AvgIpc) is 2.93. The predicted molar refractivity (Wildman–Crippen MR) is 101 cm³/mol. The number of rotatable bonds is 3. The number of H-pyrrole nitrogens is 1. The zero-order valence-corrected chi connectivity index (χ0v) is 15.3. The van der Waals surface area contributed by atoms with Gasteiger partial charge in [-0.3, -0.25) is 4.99 Å². The first-order valence-corrected chi connectivity index (χ1v) is 9.32. The van der Waals surface area contributed by atoms with Crippen molar-refractivity contribution in [3.8, 4) is 0 Å². The van der Waals surface area contributed by atoms with Gasteiger partial charge in [-0.2, -0.15) is 11.8 Å². The SMILES string of the molecule is CN=C(NCCc1c[nH]c2ccc(F)cc12)N1CCSC(C)(C)C1. The zero-order valence-electron chi connectivity index (χ0n) is 14.5. The van der Waals surface area contributed by atoms with Gasteiger partial charge in [0.15, 0.2) is 5.96 Å². The molecule has 0 amide bonds. The summed E-state index contributed by atoms with van der Waals surface area (Å²) in [7, 11) is 1.83. The summed E-state index contributed by atoms with van der Waals surface area (Å²) >= 11 is 2.01. The molecule has 0 spiro atoms. The molecule has 1 aliphatic heterocycles. The van der Waals surface area contributed by atoms with Crippen molar-refractivity contribution in [3.63, 3.8) is 0 Å². The molecule has 4 nitrogen and oxygen atoms in total. The number of aromatic amines is 1. The Labute approximate surface area is 146 Å². The minimum absolute atomic E-state index is 0.194. The summed E-state index contributed by atoms with van der Waals surface area (Å²) in [5, 5.41) is 4.41. The number of benzene rings is 1. The van der Waals surface area contributed by atoms with Crippen LogP contribution in [0.15, 0.2) is 29.4 Å². The highest BCUT2D eigenvalue weighted by atomic mass is 32.2. The zero-order chi connectivity index (χ0) is 17.2. The third kappa shape index (κ3) is 3.86. The van der Waals surface area contributed by atoms with Gasteiger partial charge in [-0.25, -0.2) is 4.39 Å². The number of nitrogens with one attached hydrogen (secondary N) is 2. The molecule has 1 aromatic heterocycles. The molecule has 1 saturated heterocycles. The lowest BCUT2D eigenvalue weighted by Crippen LogP contribution is -2.51. The van der Waals surface area contributed by atoms with Crippen LogP contribution < -0.4 is 5.32 Å². The van der Waals surface area contributed by atoms with Crippen molar-refractivity contribution in [1.82, 2.24) is 15.2 Å². The Kier molecular flexibility index (Phi) is 5.04. The number of fused-ring (bicyclic) bond motifs is 1. The van der Waals surface area contributed by atoms with E-state index < -0.39 is 0 Å². The summed E-state index contributed by atoms with van der Waals surface area (Å²) in [6.07, 6.45) is 2.80. The summed E-state index contributed by atoms with van der Waals surface area (Å²) in [6, 6.07) is 4.87. The lowest BCUT2D eigenvalue weighted by atomic mass is 10.1. The first-order valence-electron chi connectivity index (χ1n) is 8.33. The van der Waals surface area contributed by atoms with E-state index in [1.165, 1.54) is 6.07 Å². The van der Waals surface area contributed by atoms with E-state index in [9.17, 15) is 4.39 Å². The maximum absolute atomic E-state index is 13.5. The van der Waals surface area contributed by atoms with E-state index in [2.05, 4.69) is 34.0 Å². The van der Waals surface area contributed by atoms with Crippen molar-refractivity contribution in [2.75, 3.05) is 32.4 Å². The Bertz CT molecular complexity index is 738. The summed E-state index contributed by atoms with van der Waals surface area (Å²) in [5.41, 5.74) is 2.10. The fourth-order valence-electron chi connectivity index (χ4n) is 3.20. The number of guanidine groups is 1. The molecule has 0 unspecified atom stereocenters. The molecule has 2 N–H and O–H groups in total. The van der Waals surface area contributed by atoms with Crippen LogP contribution in [0.3, 0.4) is 0 Å². The monoisotopic (exact) mass is 348 g/mol. The first kappa shape index (κ1) is 17.1. The molecule has 0 atom stereocenters. The van der Waals surface area contributed by atoms with Crippen LogP contribution in [0.25, 0.3) is 10.9 Å². The second kappa shape index (κ2) is 7.05. The molecule has 6 heteroatoms. The Morgan fingerprint density at radius 1 is 1.46 bits per heavy atom. The Morgan fingerprint density at radius 3 is 3.04 bits per heavy atom. The highest BCUT2D eigenvalue weighted by Gasteiger charge is 2.28. The van der Waals surface area contributed by atoms with Crippen molar-refractivity contribution in [3.05, 3.63) is 35.8 Å². The quantitative estimate of drug-likeness (QED) is 0.661. The number of hydrogen-bond donors (Lipinski definition) is 2. The van der Waals surface area contributed by atoms with Gasteiger partial charge in [0.25, 0.3) is 0 Å². The van der Waals surface area contributed by atoms with Gasteiger partial charge in [-0.15, -0.1) is 0 Å². The summed E-state index contributed by atoms with van der Waals surface area (Å²) in [6.45, 7) is 7.34. The number of halogens is 1. The van der Waals surface area contributed by atoms with Crippen LogP contribution in [0.1, 0.15) is 19.4 Å². The molecule has 2 heterocycles. The second-order valence-electron chi connectivity index (χ2n) is 6.76. The lowest BCUT2D eigenvalue weighted by molar-refractivity contribution is 0.376. The van der Waals surface area contributed by atoms with Gasteiger partial charge in [0.2, 0.25) is 0 Å². The summed E-state index contributed by atoms with van der Waals surface area (Å²) in [4.78, 5) is 9.96. The third-order valence-corrected chi connectivity index (χ3v) is 5.64. The molecule has 1 fully saturated rings. The Hall–Kier alpha value is -1.69. The minimum atomic E-state index is -0.194. The molecule has 0 radical (unpaired) electrons. The maximum atomic E-state index is 13.5. The van der Waals surface area contributed by atoms with Crippen LogP contribution in [0.2, 0.25) is 0 Å². The van der Waals surface area contributed by atoms with Crippen LogP contribution >= 0.6 is 11.8 Å². The van der Waals surface area contributed by atoms with E-state index in [1.54, 1.807) is 12.1 Å². The average molecular weight is 348 g/mol. The Morgan fingerprint density at radius 2 is 2.29 bits per heavy atom. The Balaban J connectivity index is 1.61. The lowest BCUT2D eigenvalue weighted by Gasteiger charge is -2.39. The van der Waals surface area contributed by atoms with Crippen molar-refractivity contribution in [2.24, 2.45) is 4.99 Å². The van der Waals surface area contributed by atoms with Crippen molar-refractivity contribution >= 4 is 28.6 Å². The van der Waals surface area contributed by atoms with Crippen LogP contribution in [0, 0.1) is 5.82 Å².